The molecule has 0 spiro atoms. The second-order valence-electron chi connectivity index (χ2n) is 5.38. The van der Waals surface area contributed by atoms with Crippen LogP contribution in [0.3, 0.4) is 0 Å². The Kier molecular flexibility index (Phi) is 6.62. The van der Waals surface area contributed by atoms with E-state index in [9.17, 15) is 18.4 Å². The number of rotatable bonds is 7. The number of esters is 2. The lowest BCUT2D eigenvalue weighted by atomic mass is 10.1. The highest BCUT2D eigenvalue weighted by molar-refractivity contribution is 6.03. The molecule has 0 N–H and O–H groups in total. The Labute approximate surface area is 144 Å². The van der Waals surface area contributed by atoms with Gasteiger partial charge in [0, 0.05) is 18.2 Å². The summed E-state index contributed by atoms with van der Waals surface area (Å²) in [7, 11) is 0. The van der Waals surface area contributed by atoms with Gasteiger partial charge in [0.15, 0.2) is 0 Å². The van der Waals surface area contributed by atoms with Crippen molar-refractivity contribution in [2.45, 2.75) is 26.2 Å². The van der Waals surface area contributed by atoms with Crippen molar-refractivity contribution in [1.29, 1.82) is 0 Å². The maximum Gasteiger partial charge on any atom is 0.344 e. The minimum Gasteiger partial charge on any atom is -0.462 e. The van der Waals surface area contributed by atoms with E-state index in [0.717, 1.165) is 31.4 Å². The molecule has 0 bridgehead atoms. The molecule has 0 aliphatic heterocycles. The summed E-state index contributed by atoms with van der Waals surface area (Å²) in [5.41, 5.74) is 0.00790. The lowest BCUT2D eigenvalue weighted by Gasteiger charge is -2.09. The maximum atomic E-state index is 13.2. The van der Waals surface area contributed by atoms with Crippen molar-refractivity contribution in [3.63, 3.8) is 0 Å². The van der Waals surface area contributed by atoms with E-state index in [2.05, 4.69) is 0 Å². The zero-order valence-corrected chi connectivity index (χ0v) is 13.8. The van der Waals surface area contributed by atoms with Crippen molar-refractivity contribution in [2.75, 3.05) is 6.61 Å². The molecule has 0 aliphatic rings. The second kappa shape index (κ2) is 8.92. The molecule has 2 rings (SSSR count). The largest absolute Gasteiger partial charge is 0.462 e. The van der Waals surface area contributed by atoms with E-state index in [4.69, 9.17) is 9.47 Å². The van der Waals surface area contributed by atoms with Gasteiger partial charge in [0.25, 0.3) is 0 Å². The molecular formula is C19H18F2O4. The Balaban J connectivity index is 2.13. The topological polar surface area (TPSA) is 52.6 Å². The summed E-state index contributed by atoms with van der Waals surface area (Å²) in [6, 6.07) is 8.39. The lowest BCUT2D eigenvalue weighted by molar-refractivity contribution is 0.0490. The van der Waals surface area contributed by atoms with E-state index in [1.165, 1.54) is 12.1 Å². The summed E-state index contributed by atoms with van der Waals surface area (Å²) in [6.07, 6.45) is 2.66. The van der Waals surface area contributed by atoms with Crippen LogP contribution in [0.2, 0.25) is 0 Å². The molecule has 0 unspecified atom stereocenters. The summed E-state index contributed by atoms with van der Waals surface area (Å²) < 4.78 is 36.5. The zero-order chi connectivity index (χ0) is 18.2. The molecule has 25 heavy (non-hydrogen) atoms. The Morgan fingerprint density at radius 3 is 2.12 bits per heavy atom. The number of carbonyl (C=O) groups is 2. The fourth-order valence-corrected chi connectivity index (χ4v) is 2.18. The number of carbonyl (C=O) groups excluding carboxylic acids is 2. The third-order valence-corrected chi connectivity index (χ3v) is 3.39. The standard InChI is InChI=1S/C19H18F2O4/c1-2-3-6-9-24-18(22)16-7-4-5-8-17(16)19(23)25-15-11-13(20)10-14(21)12-15/h4-5,7-8,10-12H,2-3,6,9H2,1H3. The van der Waals surface area contributed by atoms with E-state index < -0.39 is 23.6 Å². The van der Waals surface area contributed by atoms with Gasteiger partial charge >= 0.3 is 11.9 Å². The second-order valence-corrected chi connectivity index (χ2v) is 5.38. The van der Waals surface area contributed by atoms with Gasteiger partial charge in [-0.25, -0.2) is 18.4 Å². The molecule has 2 aromatic carbocycles. The van der Waals surface area contributed by atoms with E-state index >= 15 is 0 Å². The molecule has 0 aromatic heterocycles. The van der Waals surface area contributed by atoms with Crippen LogP contribution < -0.4 is 4.74 Å². The van der Waals surface area contributed by atoms with Crippen LogP contribution in [0.25, 0.3) is 0 Å². The number of hydrogen-bond acceptors (Lipinski definition) is 4. The van der Waals surface area contributed by atoms with E-state index in [-0.39, 0.29) is 23.5 Å². The van der Waals surface area contributed by atoms with Crippen molar-refractivity contribution in [2.24, 2.45) is 0 Å². The van der Waals surface area contributed by atoms with Crippen LogP contribution in [-0.4, -0.2) is 18.5 Å². The molecular weight excluding hydrogens is 330 g/mol. The molecule has 0 saturated heterocycles. The molecule has 0 fully saturated rings. The van der Waals surface area contributed by atoms with Crippen molar-refractivity contribution in [3.8, 4) is 5.75 Å². The number of unbranched alkanes of at least 4 members (excludes halogenated alkanes) is 2. The summed E-state index contributed by atoms with van der Waals surface area (Å²) in [5, 5.41) is 0. The third-order valence-electron chi connectivity index (χ3n) is 3.39. The molecule has 2 aromatic rings. The fourth-order valence-electron chi connectivity index (χ4n) is 2.18. The summed E-state index contributed by atoms with van der Waals surface area (Å²) in [4.78, 5) is 24.4. The van der Waals surface area contributed by atoms with Gasteiger partial charge in [-0.15, -0.1) is 0 Å². The normalized spacial score (nSPS) is 10.4. The molecule has 0 amide bonds. The van der Waals surface area contributed by atoms with Crippen LogP contribution in [0, 0.1) is 11.6 Å². The molecule has 6 heteroatoms. The Morgan fingerprint density at radius 1 is 0.920 bits per heavy atom. The van der Waals surface area contributed by atoms with Crippen LogP contribution in [0.15, 0.2) is 42.5 Å². The monoisotopic (exact) mass is 348 g/mol. The lowest BCUT2D eigenvalue weighted by Crippen LogP contribution is -2.16. The van der Waals surface area contributed by atoms with Crippen LogP contribution in [-0.2, 0) is 4.74 Å². The first-order chi connectivity index (χ1) is 12.0. The molecule has 4 nitrogen and oxygen atoms in total. The third kappa shape index (κ3) is 5.38. The van der Waals surface area contributed by atoms with Gasteiger partial charge in [-0.3, -0.25) is 0 Å². The maximum absolute atomic E-state index is 13.2. The van der Waals surface area contributed by atoms with Crippen LogP contribution in [0.4, 0.5) is 8.78 Å². The van der Waals surface area contributed by atoms with Crippen molar-refractivity contribution < 1.29 is 27.8 Å². The van der Waals surface area contributed by atoms with Gasteiger partial charge in [-0.2, -0.15) is 0 Å². The van der Waals surface area contributed by atoms with Crippen molar-refractivity contribution >= 4 is 11.9 Å². The minimum atomic E-state index is -0.897. The van der Waals surface area contributed by atoms with Gasteiger partial charge in [0.1, 0.15) is 17.4 Å². The predicted octanol–water partition coefficient (Wildman–Crippen LogP) is 4.53. The summed E-state index contributed by atoms with van der Waals surface area (Å²) in [6.45, 7) is 2.29. The first-order valence-corrected chi connectivity index (χ1v) is 7.95. The predicted molar refractivity (Wildman–Crippen MR) is 87.6 cm³/mol. The summed E-state index contributed by atoms with van der Waals surface area (Å²) >= 11 is 0. The Hall–Kier alpha value is -2.76. The minimum absolute atomic E-state index is 0.0346. The SMILES string of the molecule is CCCCCOC(=O)c1ccccc1C(=O)Oc1cc(F)cc(F)c1. The van der Waals surface area contributed by atoms with Crippen LogP contribution in [0.1, 0.15) is 46.9 Å². The molecule has 0 radical (unpaired) electrons. The van der Waals surface area contributed by atoms with Crippen molar-refractivity contribution in [3.05, 3.63) is 65.2 Å². The van der Waals surface area contributed by atoms with Gasteiger partial charge in [-0.05, 0) is 18.6 Å². The van der Waals surface area contributed by atoms with Gasteiger partial charge < -0.3 is 9.47 Å². The number of ether oxygens (including phenoxy) is 2. The molecule has 132 valence electrons. The molecule has 0 saturated carbocycles. The first kappa shape index (κ1) is 18.6. The summed E-state index contributed by atoms with van der Waals surface area (Å²) in [5.74, 6) is -3.56. The number of halogens is 2. The van der Waals surface area contributed by atoms with Crippen LogP contribution in [0.5, 0.6) is 5.75 Å². The zero-order valence-electron chi connectivity index (χ0n) is 13.8. The Bertz CT molecular complexity index is 739. The van der Waals surface area contributed by atoms with Gasteiger partial charge in [-0.1, -0.05) is 31.9 Å². The van der Waals surface area contributed by atoms with Crippen LogP contribution >= 0.6 is 0 Å². The van der Waals surface area contributed by atoms with E-state index in [1.807, 2.05) is 6.92 Å². The first-order valence-electron chi connectivity index (χ1n) is 7.95. The molecule has 0 aliphatic carbocycles. The number of benzene rings is 2. The van der Waals surface area contributed by atoms with Crippen molar-refractivity contribution in [1.82, 2.24) is 0 Å². The fraction of sp³-hybridized carbons (Fsp3) is 0.263. The van der Waals surface area contributed by atoms with E-state index in [0.29, 0.717) is 6.07 Å². The quantitative estimate of drug-likeness (QED) is 0.419. The van der Waals surface area contributed by atoms with Gasteiger partial charge in [0.05, 0.1) is 17.7 Å². The average Bonchev–Trinajstić information content (AvgIpc) is 2.57. The highest BCUT2D eigenvalue weighted by atomic mass is 19.1. The van der Waals surface area contributed by atoms with Gasteiger partial charge in [0.2, 0.25) is 0 Å². The Morgan fingerprint density at radius 2 is 1.52 bits per heavy atom. The molecule has 0 atom stereocenters. The highest BCUT2D eigenvalue weighted by Gasteiger charge is 2.20. The average molecular weight is 348 g/mol. The highest BCUT2D eigenvalue weighted by Crippen LogP contribution is 2.19. The van der Waals surface area contributed by atoms with E-state index in [1.54, 1.807) is 12.1 Å². The molecule has 0 heterocycles. The smallest absolute Gasteiger partial charge is 0.344 e. The number of hydrogen-bond donors (Lipinski definition) is 0.